The van der Waals surface area contributed by atoms with Crippen molar-refractivity contribution in [1.82, 2.24) is 4.98 Å². The topological polar surface area (TPSA) is 59.2 Å². The normalized spacial score (nSPS) is 14.5. The van der Waals surface area contributed by atoms with Gasteiger partial charge in [0.2, 0.25) is 5.91 Å². The molecule has 1 aromatic heterocycles. The highest BCUT2D eigenvalue weighted by atomic mass is 16.2. The van der Waals surface area contributed by atoms with Crippen LogP contribution in [0, 0.1) is 0 Å². The number of carbonyl (C=O) groups excluding carboxylic acids is 1. The Morgan fingerprint density at radius 2 is 2.22 bits per heavy atom. The Morgan fingerprint density at radius 3 is 2.78 bits per heavy atom. The maximum Gasteiger partial charge on any atom is 0.228 e. The van der Waals surface area contributed by atoms with Gasteiger partial charge in [-0.15, -0.1) is 0 Å². The van der Waals surface area contributed by atoms with Crippen molar-refractivity contribution < 1.29 is 4.79 Å². The second-order valence-corrected chi connectivity index (χ2v) is 4.90. The summed E-state index contributed by atoms with van der Waals surface area (Å²) >= 11 is 0. The molecule has 0 radical (unpaired) electrons. The molecule has 1 heterocycles. The summed E-state index contributed by atoms with van der Waals surface area (Å²) in [6, 6.07) is 4.00. The number of rotatable bonds is 6. The molecule has 4 heteroatoms. The summed E-state index contributed by atoms with van der Waals surface area (Å²) in [6.07, 6.45) is 7.63. The lowest BCUT2D eigenvalue weighted by Gasteiger charge is -2.21. The fourth-order valence-corrected chi connectivity index (χ4v) is 2.04. The molecule has 1 aromatic rings. The Morgan fingerprint density at radius 1 is 1.44 bits per heavy atom. The summed E-state index contributed by atoms with van der Waals surface area (Å²) in [5.74, 6) is 0.941. The molecule has 1 saturated carbocycles. The number of anilines is 2. The van der Waals surface area contributed by atoms with Crippen LogP contribution in [0.1, 0.15) is 45.4 Å². The van der Waals surface area contributed by atoms with Gasteiger partial charge in [0.15, 0.2) is 0 Å². The van der Waals surface area contributed by atoms with Gasteiger partial charge in [-0.05, 0) is 31.4 Å². The molecule has 1 fully saturated rings. The first-order valence-corrected chi connectivity index (χ1v) is 6.76. The van der Waals surface area contributed by atoms with Gasteiger partial charge in [0.1, 0.15) is 5.82 Å². The summed E-state index contributed by atoms with van der Waals surface area (Å²) in [6.45, 7) is 2.14. The van der Waals surface area contributed by atoms with E-state index in [1.807, 2.05) is 11.0 Å². The highest BCUT2D eigenvalue weighted by Crippen LogP contribution is 2.31. The van der Waals surface area contributed by atoms with Crippen molar-refractivity contribution in [2.24, 2.45) is 0 Å². The predicted molar refractivity (Wildman–Crippen MR) is 73.3 cm³/mol. The lowest BCUT2D eigenvalue weighted by molar-refractivity contribution is -0.118. The molecule has 1 aliphatic rings. The number of carbonyl (C=O) groups is 1. The van der Waals surface area contributed by atoms with E-state index in [1.165, 1.54) is 0 Å². The molecule has 0 aliphatic heterocycles. The monoisotopic (exact) mass is 247 g/mol. The number of hydrogen-bond acceptors (Lipinski definition) is 3. The van der Waals surface area contributed by atoms with Crippen molar-refractivity contribution in [2.45, 2.75) is 51.5 Å². The van der Waals surface area contributed by atoms with Gasteiger partial charge in [0.05, 0.1) is 11.9 Å². The summed E-state index contributed by atoms with van der Waals surface area (Å²) < 4.78 is 0. The Labute approximate surface area is 108 Å². The molecule has 18 heavy (non-hydrogen) atoms. The quantitative estimate of drug-likeness (QED) is 0.786. The van der Waals surface area contributed by atoms with Gasteiger partial charge in [-0.2, -0.15) is 0 Å². The van der Waals surface area contributed by atoms with Crippen molar-refractivity contribution in [2.75, 3.05) is 10.6 Å². The van der Waals surface area contributed by atoms with Crippen LogP contribution in [-0.4, -0.2) is 16.9 Å². The van der Waals surface area contributed by atoms with Crippen LogP contribution >= 0.6 is 0 Å². The van der Waals surface area contributed by atoms with Crippen LogP contribution in [0.15, 0.2) is 18.3 Å². The van der Waals surface area contributed by atoms with Crippen LogP contribution in [0.5, 0.6) is 0 Å². The maximum atomic E-state index is 12.2. The molecule has 0 aromatic carbocycles. The Hall–Kier alpha value is -1.58. The second kappa shape index (κ2) is 5.85. The number of aromatic nitrogens is 1. The van der Waals surface area contributed by atoms with E-state index in [-0.39, 0.29) is 5.91 Å². The fourth-order valence-electron chi connectivity index (χ4n) is 2.04. The van der Waals surface area contributed by atoms with E-state index in [9.17, 15) is 4.79 Å². The van der Waals surface area contributed by atoms with Gasteiger partial charge in [0.25, 0.3) is 0 Å². The van der Waals surface area contributed by atoms with Gasteiger partial charge in [-0.1, -0.05) is 19.8 Å². The van der Waals surface area contributed by atoms with Crippen LogP contribution in [0.2, 0.25) is 0 Å². The number of unbranched alkanes of at least 4 members (excludes halogenated alkanes) is 2. The minimum atomic E-state index is 0.197. The first kappa shape index (κ1) is 12.9. The zero-order valence-corrected chi connectivity index (χ0v) is 10.9. The zero-order valence-electron chi connectivity index (χ0n) is 10.9. The van der Waals surface area contributed by atoms with E-state index >= 15 is 0 Å². The van der Waals surface area contributed by atoms with E-state index in [1.54, 1.807) is 12.3 Å². The minimum Gasteiger partial charge on any atom is -0.397 e. The number of nitrogen functional groups attached to an aromatic ring is 1. The lowest BCUT2D eigenvalue weighted by atomic mass is 10.2. The molecule has 0 bridgehead atoms. The van der Waals surface area contributed by atoms with Gasteiger partial charge < -0.3 is 5.73 Å². The van der Waals surface area contributed by atoms with Crippen molar-refractivity contribution in [1.29, 1.82) is 0 Å². The summed E-state index contributed by atoms with van der Waals surface area (Å²) in [5.41, 5.74) is 6.26. The minimum absolute atomic E-state index is 0.197. The molecule has 0 unspecified atom stereocenters. The van der Waals surface area contributed by atoms with E-state index in [0.717, 1.165) is 37.9 Å². The molecule has 98 valence electrons. The average Bonchev–Trinajstić information content (AvgIpc) is 3.17. The Kier molecular flexibility index (Phi) is 4.18. The molecular weight excluding hydrogens is 226 g/mol. The first-order valence-electron chi connectivity index (χ1n) is 6.76. The third-order valence-corrected chi connectivity index (χ3v) is 3.19. The SMILES string of the molecule is CCCCCC(=O)N(c1ccc(N)cn1)C1CC1. The summed E-state index contributed by atoms with van der Waals surface area (Å²) in [4.78, 5) is 18.4. The van der Waals surface area contributed by atoms with Crippen molar-refractivity contribution in [3.63, 3.8) is 0 Å². The largest absolute Gasteiger partial charge is 0.397 e. The van der Waals surface area contributed by atoms with E-state index < -0.39 is 0 Å². The average molecular weight is 247 g/mol. The van der Waals surface area contributed by atoms with Gasteiger partial charge >= 0.3 is 0 Å². The van der Waals surface area contributed by atoms with Crippen molar-refractivity contribution >= 4 is 17.4 Å². The van der Waals surface area contributed by atoms with Crippen LogP contribution in [0.4, 0.5) is 11.5 Å². The van der Waals surface area contributed by atoms with Crippen LogP contribution in [0.3, 0.4) is 0 Å². The van der Waals surface area contributed by atoms with Crippen molar-refractivity contribution in [3.8, 4) is 0 Å². The molecule has 4 nitrogen and oxygen atoms in total. The van der Waals surface area contributed by atoms with Crippen LogP contribution in [0.25, 0.3) is 0 Å². The predicted octanol–water partition coefficient (Wildman–Crippen LogP) is 2.74. The highest BCUT2D eigenvalue weighted by molar-refractivity contribution is 5.93. The molecule has 0 saturated heterocycles. The van der Waals surface area contributed by atoms with Gasteiger partial charge in [0, 0.05) is 12.5 Å². The zero-order chi connectivity index (χ0) is 13.0. The molecule has 2 rings (SSSR count). The molecule has 1 aliphatic carbocycles. The standard InChI is InChI=1S/C14H21N3O/c1-2-3-4-5-14(18)17(12-7-8-12)13-9-6-11(15)10-16-13/h6,9-10,12H,2-5,7-8,15H2,1H3. The number of amides is 1. The molecule has 1 amide bonds. The molecular formula is C14H21N3O. The molecule has 0 spiro atoms. The van der Waals surface area contributed by atoms with Crippen LogP contribution in [-0.2, 0) is 4.79 Å². The Balaban J connectivity index is 2.03. The number of nitrogens with zero attached hydrogens (tertiary/aromatic N) is 2. The molecule has 2 N–H and O–H groups in total. The van der Waals surface area contributed by atoms with Gasteiger partial charge in [-0.25, -0.2) is 4.98 Å². The lowest BCUT2D eigenvalue weighted by Crippen LogP contribution is -2.33. The first-order chi connectivity index (χ1) is 8.72. The van der Waals surface area contributed by atoms with E-state index in [4.69, 9.17) is 5.73 Å². The second-order valence-electron chi connectivity index (χ2n) is 4.90. The summed E-state index contributed by atoms with van der Waals surface area (Å²) in [5, 5.41) is 0. The smallest absolute Gasteiger partial charge is 0.228 e. The van der Waals surface area contributed by atoms with Gasteiger partial charge in [-0.3, -0.25) is 9.69 Å². The fraction of sp³-hybridized carbons (Fsp3) is 0.571. The highest BCUT2D eigenvalue weighted by Gasteiger charge is 2.33. The van der Waals surface area contributed by atoms with Crippen molar-refractivity contribution in [3.05, 3.63) is 18.3 Å². The number of nitrogens with two attached hydrogens (primary N) is 1. The Bertz CT molecular complexity index is 398. The number of pyridine rings is 1. The van der Waals surface area contributed by atoms with E-state index in [0.29, 0.717) is 18.2 Å². The number of hydrogen-bond donors (Lipinski definition) is 1. The molecule has 0 atom stereocenters. The third-order valence-electron chi connectivity index (χ3n) is 3.19. The summed E-state index contributed by atoms with van der Waals surface area (Å²) in [7, 11) is 0. The van der Waals surface area contributed by atoms with Crippen LogP contribution < -0.4 is 10.6 Å². The third kappa shape index (κ3) is 3.22. The maximum absolute atomic E-state index is 12.2. The van der Waals surface area contributed by atoms with E-state index in [2.05, 4.69) is 11.9 Å².